The Kier molecular flexibility index (Phi) is 8.43. The molecule has 1 N–H and O–H groups in total. The summed E-state index contributed by atoms with van der Waals surface area (Å²) in [5.74, 6) is -1.34. The molecule has 0 heterocycles. The Balaban J connectivity index is 0. The molecule has 66 valence electrons. The van der Waals surface area contributed by atoms with Crippen LogP contribution in [0, 0.1) is 5.92 Å². The molecule has 1 atom stereocenters. The molecule has 0 aromatic heterocycles. The number of carboxylic acid groups (broad SMARTS) is 1. The van der Waals surface area contributed by atoms with Crippen LogP contribution in [-0.2, 0) is 9.59 Å². The van der Waals surface area contributed by atoms with Crippen LogP contribution in [0.25, 0.3) is 0 Å². The molecule has 0 aromatic carbocycles. The van der Waals surface area contributed by atoms with Crippen molar-refractivity contribution in [3.05, 3.63) is 0 Å². The molecule has 11 heavy (non-hydrogen) atoms. The number of rotatable bonds is 3. The molecule has 0 fully saturated rings. The first-order valence-corrected chi connectivity index (χ1v) is 3.76. The average molecular weight is 160 g/mol. The number of ketones is 1. The molecule has 0 aliphatic carbocycles. The summed E-state index contributed by atoms with van der Waals surface area (Å²) in [5.41, 5.74) is 0. The van der Waals surface area contributed by atoms with Gasteiger partial charge >= 0.3 is 5.97 Å². The second kappa shape index (κ2) is 7.25. The summed E-state index contributed by atoms with van der Waals surface area (Å²) in [6.45, 7) is 7.00. The van der Waals surface area contributed by atoms with Gasteiger partial charge in [-0.3, -0.25) is 9.59 Å². The molecule has 0 aromatic rings. The lowest BCUT2D eigenvalue weighted by Gasteiger charge is -2.00. The number of Topliss-reactive ketones (excluding diaryl/α,β-unsaturated/α-hetero) is 1. The van der Waals surface area contributed by atoms with Crippen LogP contribution in [0.4, 0.5) is 0 Å². The second-order valence-corrected chi connectivity index (χ2v) is 2.11. The van der Waals surface area contributed by atoms with Gasteiger partial charge in [0.25, 0.3) is 0 Å². The molecular formula is C8H16O3. The number of hydrogen-bond acceptors (Lipinski definition) is 2. The number of carbonyl (C=O) groups is 2. The maximum Gasteiger partial charge on any atom is 0.304 e. The summed E-state index contributed by atoms with van der Waals surface area (Å²) in [5, 5.41) is 8.18. The van der Waals surface area contributed by atoms with Crippen molar-refractivity contribution in [1.82, 2.24) is 0 Å². The van der Waals surface area contributed by atoms with Gasteiger partial charge in [-0.15, -0.1) is 0 Å². The average Bonchev–Trinajstić information content (AvgIpc) is 1.90. The zero-order valence-electron chi connectivity index (χ0n) is 7.55. The third-order valence-corrected chi connectivity index (χ3v) is 1.17. The fourth-order valence-electron chi connectivity index (χ4n) is 0.406. The zero-order chi connectivity index (χ0) is 9.44. The lowest BCUT2D eigenvalue weighted by Crippen LogP contribution is -2.11. The topological polar surface area (TPSA) is 54.4 Å². The van der Waals surface area contributed by atoms with E-state index in [4.69, 9.17) is 5.11 Å². The van der Waals surface area contributed by atoms with Crippen molar-refractivity contribution < 1.29 is 14.7 Å². The van der Waals surface area contributed by atoms with E-state index in [1.54, 1.807) is 6.92 Å². The lowest BCUT2D eigenvalue weighted by molar-refractivity contribution is -0.140. The highest BCUT2D eigenvalue weighted by Crippen LogP contribution is 2.01. The first kappa shape index (κ1) is 12.8. The van der Waals surface area contributed by atoms with Crippen LogP contribution >= 0.6 is 0 Å². The van der Waals surface area contributed by atoms with Gasteiger partial charge in [-0.05, 0) is 6.92 Å². The molecule has 3 nitrogen and oxygen atoms in total. The highest BCUT2D eigenvalue weighted by Gasteiger charge is 2.10. The van der Waals surface area contributed by atoms with E-state index in [-0.39, 0.29) is 18.1 Å². The Morgan fingerprint density at radius 3 is 1.82 bits per heavy atom. The standard InChI is InChI=1S/C6H10O3.C2H6/c1-4(5(2)7)3-6(8)9;1-2/h4H,3H2,1-2H3,(H,8,9);1-2H3. The fraction of sp³-hybridized carbons (Fsp3) is 0.750. The largest absolute Gasteiger partial charge is 0.481 e. The highest BCUT2D eigenvalue weighted by molar-refractivity contribution is 5.82. The molecule has 3 heteroatoms. The highest BCUT2D eigenvalue weighted by atomic mass is 16.4. The zero-order valence-corrected chi connectivity index (χ0v) is 7.55. The van der Waals surface area contributed by atoms with Gasteiger partial charge in [0.1, 0.15) is 5.78 Å². The molecule has 0 saturated heterocycles. The van der Waals surface area contributed by atoms with Gasteiger partial charge in [0.05, 0.1) is 6.42 Å². The van der Waals surface area contributed by atoms with Gasteiger partial charge in [-0.1, -0.05) is 20.8 Å². The van der Waals surface area contributed by atoms with E-state index in [1.807, 2.05) is 13.8 Å². The Bertz CT molecular complexity index is 129. The van der Waals surface area contributed by atoms with Gasteiger partial charge in [0.2, 0.25) is 0 Å². The molecule has 1 unspecified atom stereocenters. The lowest BCUT2D eigenvalue weighted by atomic mass is 10.0. The smallest absolute Gasteiger partial charge is 0.304 e. The van der Waals surface area contributed by atoms with Gasteiger partial charge < -0.3 is 5.11 Å². The fourth-order valence-corrected chi connectivity index (χ4v) is 0.406. The van der Waals surface area contributed by atoms with Crippen molar-refractivity contribution in [2.75, 3.05) is 0 Å². The first-order chi connectivity index (χ1) is 5.04. The number of aliphatic carboxylic acids is 1. The van der Waals surface area contributed by atoms with Crippen molar-refractivity contribution in [2.24, 2.45) is 5.92 Å². The minimum atomic E-state index is -0.919. The summed E-state index contributed by atoms with van der Waals surface area (Å²) in [6.07, 6.45) is -0.0602. The van der Waals surface area contributed by atoms with E-state index in [1.165, 1.54) is 6.92 Å². The Morgan fingerprint density at radius 2 is 1.73 bits per heavy atom. The Hall–Kier alpha value is -0.860. The van der Waals surface area contributed by atoms with E-state index >= 15 is 0 Å². The number of carbonyl (C=O) groups excluding carboxylic acids is 1. The molecule has 0 aliphatic rings. The van der Waals surface area contributed by atoms with Crippen molar-refractivity contribution in [3.8, 4) is 0 Å². The van der Waals surface area contributed by atoms with Crippen molar-refractivity contribution in [3.63, 3.8) is 0 Å². The molecular weight excluding hydrogens is 144 g/mol. The minimum Gasteiger partial charge on any atom is -0.481 e. The predicted octanol–water partition coefficient (Wildman–Crippen LogP) is 1.71. The minimum absolute atomic E-state index is 0.0602. The summed E-state index contributed by atoms with van der Waals surface area (Å²) in [4.78, 5) is 20.4. The summed E-state index contributed by atoms with van der Waals surface area (Å²) < 4.78 is 0. The van der Waals surface area contributed by atoms with Gasteiger partial charge in [-0.25, -0.2) is 0 Å². The predicted molar refractivity (Wildman–Crippen MR) is 43.4 cm³/mol. The van der Waals surface area contributed by atoms with Gasteiger partial charge in [-0.2, -0.15) is 0 Å². The third-order valence-electron chi connectivity index (χ3n) is 1.17. The van der Waals surface area contributed by atoms with Crippen molar-refractivity contribution in [1.29, 1.82) is 0 Å². The van der Waals surface area contributed by atoms with Crippen LogP contribution in [-0.4, -0.2) is 16.9 Å². The van der Waals surface area contributed by atoms with E-state index in [2.05, 4.69) is 0 Å². The monoisotopic (exact) mass is 160 g/mol. The Morgan fingerprint density at radius 1 is 1.36 bits per heavy atom. The number of carboxylic acids is 1. The van der Waals surface area contributed by atoms with E-state index in [0.717, 1.165) is 0 Å². The normalized spacial score (nSPS) is 10.9. The van der Waals surface area contributed by atoms with Crippen LogP contribution < -0.4 is 0 Å². The van der Waals surface area contributed by atoms with Crippen LogP contribution in [0.2, 0.25) is 0 Å². The van der Waals surface area contributed by atoms with Gasteiger partial charge in [0, 0.05) is 5.92 Å². The third kappa shape index (κ3) is 9.14. The van der Waals surface area contributed by atoms with E-state index < -0.39 is 5.97 Å². The molecule has 0 spiro atoms. The Labute approximate surface area is 67.4 Å². The second-order valence-electron chi connectivity index (χ2n) is 2.11. The van der Waals surface area contributed by atoms with Crippen LogP contribution in [0.15, 0.2) is 0 Å². The SMILES string of the molecule is CC.CC(=O)C(C)CC(=O)O. The summed E-state index contributed by atoms with van der Waals surface area (Å²) in [6, 6.07) is 0. The molecule has 0 saturated carbocycles. The quantitative estimate of drug-likeness (QED) is 0.683. The first-order valence-electron chi connectivity index (χ1n) is 3.76. The maximum atomic E-state index is 10.4. The molecule has 0 aliphatic heterocycles. The summed E-state index contributed by atoms with van der Waals surface area (Å²) >= 11 is 0. The van der Waals surface area contributed by atoms with Crippen LogP contribution in [0.1, 0.15) is 34.1 Å². The summed E-state index contributed by atoms with van der Waals surface area (Å²) in [7, 11) is 0. The van der Waals surface area contributed by atoms with Gasteiger partial charge in [0.15, 0.2) is 0 Å². The van der Waals surface area contributed by atoms with E-state index in [9.17, 15) is 9.59 Å². The molecule has 0 bridgehead atoms. The maximum absolute atomic E-state index is 10.4. The number of hydrogen-bond donors (Lipinski definition) is 1. The van der Waals surface area contributed by atoms with Crippen molar-refractivity contribution in [2.45, 2.75) is 34.1 Å². The molecule has 0 rings (SSSR count). The molecule has 0 amide bonds. The van der Waals surface area contributed by atoms with Crippen LogP contribution in [0.5, 0.6) is 0 Å². The van der Waals surface area contributed by atoms with Crippen LogP contribution in [0.3, 0.4) is 0 Å². The molecule has 0 radical (unpaired) electrons. The van der Waals surface area contributed by atoms with E-state index in [0.29, 0.717) is 0 Å². The van der Waals surface area contributed by atoms with Crippen molar-refractivity contribution >= 4 is 11.8 Å².